The number of ether oxygens (including phenoxy) is 6. The molecule has 0 aliphatic carbocycles. The van der Waals surface area contributed by atoms with Gasteiger partial charge in [-0.1, -0.05) is 12.1 Å². The molecule has 0 aromatic heterocycles. The van der Waals surface area contributed by atoms with E-state index < -0.39 is 19.5 Å². The number of nitrogens with one attached hydrogen (secondary N) is 1. The van der Waals surface area contributed by atoms with Gasteiger partial charge < -0.3 is 32.9 Å². The number of cyclic esters (lactones) is 1. The SMILES string of the molecule is COCP(=O)(N[C@@H](C)C(=O)OC(C)C)Oc1ccc(C[C@H]2C(=O)OC[C@@H]2Cc2ccc(OC)c(OC)c2)cc1OC. The molecule has 0 radical (unpaired) electrons. The average Bonchev–Trinajstić information content (AvgIpc) is 3.27. The summed E-state index contributed by atoms with van der Waals surface area (Å²) in [6, 6.07) is 9.94. The number of carbonyl (C=O) groups excluding carboxylic acids is 2. The van der Waals surface area contributed by atoms with Gasteiger partial charge in [0.15, 0.2) is 23.0 Å². The molecule has 11 nitrogen and oxygen atoms in total. The lowest BCUT2D eigenvalue weighted by atomic mass is 9.85. The Morgan fingerprint density at radius 1 is 0.927 bits per heavy atom. The molecule has 4 atom stereocenters. The zero-order chi connectivity index (χ0) is 30.2. The molecule has 0 bridgehead atoms. The molecule has 12 heteroatoms. The highest BCUT2D eigenvalue weighted by Crippen LogP contribution is 2.47. The van der Waals surface area contributed by atoms with Crippen LogP contribution in [0.4, 0.5) is 0 Å². The maximum absolute atomic E-state index is 13.6. The zero-order valence-corrected chi connectivity index (χ0v) is 25.5. The predicted octanol–water partition coefficient (Wildman–Crippen LogP) is 4.39. The van der Waals surface area contributed by atoms with Gasteiger partial charge in [0, 0.05) is 13.0 Å². The number of methoxy groups -OCH3 is 4. The first-order valence-corrected chi connectivity index (χ1v) is 15.1. The summed E-state index contributed by atoms with van der Waals surface area (Å²) in [5.41, 5.74) is 1.82. The molecular formula is C29H40NO10P. The van der Waals surface area contributed by atoms with Crippen molar-refractivity contribution in [2.45, 2.75) is 45.8 Å². The van der Waals surface area contributed by atoms with Gasteiger partial charge in [-0.3, -0.25) is 14.2 Å². The van der Waals surface area contributed by atoms with Gasteiger partial charge in [0.2, 0.25) is 0 Å². The molecule has 1 heterocycles. The number of hydrogen-bond acceptors (Lipinski definition) is 10. The minimum atomic E-state index is -3.70. The van der Waals surface area contributed by atoms with Crippen LogP contribution in [-0.2, 0) is 41.2 Å². The lowest BCUT2D eigenvalue weighted by Gasteiger charge is -2.24. The van der Waals surface area contributed by atoms with E-state index in [4.69, 9.17) is 32.9 Å². The number of esters is 2. The molecule has 0 spiro atoms. The van der Waals surface area contributed by atoms with E-state index >= 15 is 0 Å². The molecule has 1 aliphatic rings. The predicted molar refractivity (Wildman–Crippen MR) is 152 cm³/mol. The van der Waals surface area contributed by atoms with Crippen LogP contribution in [0, 0.1) is 11.8 Å². The Labute approximate surface area is 241 Å². The van der Waals surface area contributed by atoms with Crippen LogP contribution in [0.15, 0.2) is 36.4 Å². The topological polar surface area (TPSA) is 128 Å². The van der Waals surface area contributed by atoms with E-state index in [2.05, 4.69) is 5.09 Å². The van der Waals surface area contributed by atoms with Crippen molar-refractivity contribution >= 4 is 19.5 Å². The zero-order valence-electron chi connectivity index (χ0n) is 24.6. The maximum atomic E-state index is 13.6. The molecule has 1 N–H and O–H groups in total. The van der Waals surface area contributed by atoms with Gasteiger partial charge in [0.25, 0.3) is 0 Å². The Kier molecular flexibility index (Phi) is 11.5. The van der Waals surface area contributed by atoms with Crippen LogP contribution in [0.5, 0.6) is 23.0 Å². The van der Waals surface area contributed by atoms with Crippen molar-refractivity contribution < 1.29 is 47.1 Å². The summed E-state index contributed by atoms with van der Waals surface area (Å²) in [7, 11) is 2.32. The fourth-order valence-corrected chi connectivity index (χ4v) is 6.32. The van der Waals surface area contributed by atoms with E-state index in [1.165, 1.54) is 21.1 Å². The second-order valence-corrected chi connectivity index (χ2v) is 12.1. The van der Waals surface area contributed by atoms with E-state index in [0.717, 1.165) is 11.1 Å². The van der Waals surface area contributed by atoms with E-state index in [9.17, 15) is 14.2 Å². The van der Waals surface area contributed by atoms with Gasteiger partial charge in [0.05, 0.1) is 40.0 Å². The van der Waals surface area contributed by atoms with Crippen LogP contribution in [0.3, 0.4) is 0 Å². The van der Waals surface area contributed by atoms with Crippen molar-refractivity contribution in [2.75, 3.05) is 41.4 Å². The fourth-order valence-electron chi connectivity index (χ4n) is 4.64. The Bertz CT molecular complexity index is 1250. The van der Waals surface area contributed by atoms with Gasteiger partial charge in [-0.15, -0.1) is 0 Å². The molecule has 1 unspecified atom stereocenters. The minimum absolute atomic E-state index is 0.0410. The second kappa shape index (κ2) is 14.6. The summed E-state index contributed by atoms with van der Waals surface area (Å²) in [6.07, 6.45) is 0.429. The average molecular weight is 594 g/mol. The molecule has 41 heavy (non-hydrogen) atoms. The van der Waals surface area contributed by atoms with Crippen LogP contribution in [0.25, 0.3) is 0 Å². The van der Waals surface area contributed by atoms with E-state index in [1.54, 1.807) is 46.3 Å². The molecule has 1 saturated heterocycles. The maximum Gasteiger partial charge on any atom is 0.342 e. The first-order valence-electron chi connectivity index (χ1n) is 13.3. The highest BCUT2D eigenvalue weighted by atomic mass is 31.2. The van der Waals surface area contributed by atoms with Gasteiger partial charge in [-0.05, 0) is 69.0 Å². The van der Waals surface area contributed by atoms with Gasteiger partial charge in [-0.25, -0.2) is 5.09 Å². The summed E-state index contributed by atoms with van der Waals surface area (Å²) >= 11 is 0. The Morgan fingerprint density at radius 3 is 2.10 bits per heavy atom. The molecule has 2 aromatic rings. The molecular weight excluding hydrogens is 553 g/mol. The normalized spacial score (nSPS) is 18.8. The largest absolute Gasteiger partial charge is 0.493 e. The van der Waals surface area contributed by atoms with Gasteiger partial charge in [0.1, 0.15) is 12.4 Å². The molecule has 226 valence electrons. The van der Waals surface area contributed by atoms with Crippen LogP contribution in [0.2, 0.25) is 0 Å². The lowest BCUT2D eigenvalue weighted by molar-refractivity contribution is -0.149. The van der Waals surface area contributed by atoms with Crippen molar-refractivity contribution in [2.24, 2.45) is 11.8 Å². The molecule has 2 aromatic carbocycles. The first-order chi connectivity index (χ1) is 19.5. The van der Waals surface area contributed by atoms with Crippen LogP contribution in [-0.4, -0.2) is 65.5 Å². The van der Waals surface area contributed by atoms with Gasteiger partial charge >= 0.3 is 19.5 Å². The van der Waals surface area contributed by atoms with Crippen molar-refractivity contribution in [1.82, 2.24) is 5.09 Å². The number of rotatable bonds is 15. The van der Waals surface area contributed by atoms with Crippen LogP contribution >= 0.6 is 7.52 Å². The lowest BCUT2D eigenvalue weighted by Crippen LogP contribution is -2.36. The third-order valence-corrected chi connectivity index (χ3v) is 8.45. The highest BCUT2D eigenvalue weighted by Gasteiger charge is 2.37. The van der Waals surface area contributed by atoms with Gasteiger partial charge in [-0.2, -0.15) is 0 Å². The monoisotopic (exact) mass is 593 g/mol. The summed E-state index contributed by atoms with van der Waals surface area (Å²) in [5.74, 6) is 0.550. The standard InChI is InChI=1S/C29H40NO10P/c1-18(2)39-28(31)19(3)30-41(33,17-34-4)40-25-11-9-21(15-27(25)37-7)13-23-22(16-38-29(23)32)12-20-8-10-24(35-5)26(14-20)36-6/h8-11,14-15,18-19,22-23H,12-13,16-17H2,1-7H3,(H,30,33)/t19-,22-,23+,41?/m0/s1. The quantitative estimate of drug-likeness (QED) is 0.233. The number of benzene rings is 2. The molecule has 1 aliphatic heterocycles. The van der Waals surface area contributed by atoms with Crippen LogP contribution in [0.1, 0.15) is 31.9 Å². The third kappa shape index (κ3) is 8.61. The molecule has 1 fully saturated rings. The van der Waals surface area contributed by atoms with E-state index in [0.29, 0.717) is 36.7 Å². The smallest absolute Gasteiger partial charge is 0.342 e. The fraction of sp³-hybridized carbons (Fsp3) is 0.517. The number of hydrogen-bond donors (Lipinski definition) is 1. The Balaban J connectivity index is 1.75. The molecule has 0 amide bonds. The van der Waals surface area contributed by atoms with E-state index in [-0.39, 0.29) is 36.0 Å². The van der Waals surface area contributed by atoms with Crippen molar-refractivity contribution in [3.05, 3.63) is 47.5 Å². The minimum Gasteiger partial charge on any atom is -0.493 e. The third-order valence-electron chi connectivity index (χ3n) is 6.58. The van der Waals surface area contributed by atoms with Crippen molar-refractivity contribution in [3.8, 4) is 23.0 Å². The summed E-state index contributed by atoms with van der Waals surface area (Å²) < 4.78 is 51.4. The van der Waals surface area contributed by atoms with E-state index in [1.807, 2.05) is 18.2 Å². The Morgan fingerprint density at radius 2 is 1.51 bits per heavy atom. The van der Waals surface area contributed by atoms with Crippen LogP contribution < -0.4 is 23.8 Å². The molecule has 3 rings (SSSR count). The first kappa shape index (κ1) is 32.2. The second-order valence-electron chi connectivity index (χ2n) is 10.1. The summed E-state index contributed by atoms with van der Waals surface area (Å²) in [5, 5.41) is 2.72. The van der Waals surface area contributed by atoms with Crippen molar-refractivity contribution in [1.29, 1.82) is 0 Å². The highest BCUT2D eigenvalue weighted by molar-refractivity contribution is 7.57. The Hall–Kier alpha value is -3.27. The number of carbonyl (C=O) groups is 2. The summed E-state index contributed by atoms with van der Waals surface area (Å²) in [4.78, 5) is 25.0. The molecule has 0 saturated carbocycles. The van der Waals surface area contributed by atoms with Crippen molar-refractivity contribution in [3.63, 3.8) is 0 Å². The summed E-state index contributed by atoms with van der Waals surface area (Å²) in [6.45, 7) is 5.31.